The van der Waals surface area contributed by atoms with Crippen molar-refractivity contribution in [2.45, 2.75) is 50.5 Å². The molecule has 2 unspecified atom stereocenters. The molecular weight excluding hydrogens is 444 g/mol. The standard InChI is InChI=1S/C29H34O6/c1-30-21-25-26(32-18-22-12-6-3-7-13-22)27(33-19-23-14-8-4-9-15-23)28(29(31-2)35-25)34-20-24-16-10-5-11-17-24/h3-17,25-29H,18-21H2,1-2H3/t25?,26-,27+,28?,29+/m1/s1. The minimum absolute atomic E-state index is 0.343. The van der Waals surface area contributed by atoms with E-state index in [1.54, 1.807) is 14.2 Å². The van der Waals surface area contributed by atoms with Gasteiger partial charge in [0.2, 0.25) is 0 Å². The zero-order valence-electron chi connectivity index (χ0n) is 20.3. The van der Waals surface area contributed by atoms with Crippen LogP contribution in [0.3, 0.4) is 0 Å². The van der Waals surface area contributed by atoms with Gasteiger partial charge in [-0.25, -0.2) is 0 Å². The molecule has 35 heavy (non-hydrogen) atoms. The molecule has 0 N–H and O–H groups in total. The Labute approximate surface area is 207 Å². The van der Waals surface area contributed by atoms with Crippen molar-refractivity contribution in [3.8, 4) is 0 Å². The van der Waals surface area contributed by atoms with Crippen LogP contribution in [0.5, 0.6) is 0 Å². The van der Waals surface area contributed by atoms with E-state index < -0.39 is 24.6 Å². The van der Waals surface area contributed by atoms with Crippen LogP contribution in [0.4, 0.5) is 0 Å². The zero-order chi connectivity index (χ0) is 24.3. The predicted molar refractivity (Wildman–Crippen MR) is 133 cm³/mol. The Morgan fingerprint density at radius 2 is 1.00 bits per heavy atom. The van der Waals surface area contributed by atoms with Gasteiger partial charge in [0.15, 0.2) is 6.29 Å². The molecule has 6 heteroatoms. The van der Waals surface area contributed by atoms with Gasteiger partial charge in [-0.05, 0) is 16.7 Å². The molecule has 0 aromatic heterocycles. The molecule has 1 aliphatic heterocycles. The second kappa shape index (κ2) is 13.5. The Balaban J connectivity index is 1.58. The molecule has 0 bridgehead atoms. The third kappa shape index (κ3) is 7.21. The number of hydrogen-bond acceptors (Lipinski definition) is 6. The molecule has 3 aromatic rings. The summed E-state index contributed by atoms with van der Waals surface area (Å²) in [5.74, 6) is 0. The van der Waals surface area contributed by atoms with Crippen LogP contribution in [0.25, 0.3) is 0 Å². The first kappa shape index (κ1) is 25.5. The molecule has 0 radical (unpaired) electrons. The van der Waals surface area contributed by atoms with E-state index in [0.29, 0.717) is 26.4 Å². The van der Waals surface area contributed by atoms with E-state index in [1.165, 1.54) is 0 Å². The summed E-state index contributed by atoms with van der Waals surface area (Å²) in [7, 11) is 3.27. The van der Waals surface area contributed by atoms with E-state index in [4.69, 9.17) is 28.4 Å². The van der Waals surface area contributed by atoms with Gasteiger partial charge in [0, 0.05) is 14.2 Å². The minimum Gasteiger partial charge on any atom is -0.382 e. The third-order valence-electron chi connectivity index (χ3n) is 6.01. The molecule has 4 rings (SSSR count). The van der Waals surface area contributed by atoms with E-state index in [1.807, 2.05) is 91.0 Å². The van der Waals surface area contributed by atoms with Crippen LogP contribution in [-0.2, 0) is 48.2 Å². The highest BCUT2D eigenvalue weighted by Gasteiger charge is 2.48. The van der Waals surface area contributed by atoms with Crippen LogP contribution in [0, 0.1) is 0 Å². The van der Waals surface area contributed by atoms with E-state index in [-0.39, 0.29) is 6.10 Å². The largest absolute Gasteiger partial charge is 0.382 e. The van der Waals surface area contributed by atoms with Crippen molar-refractivity contribution in [1.82, 2.24) is 0 Å². The second-order valence-electron chi connectivity index (χ2n) is 8.52. The lowest BCUT2D eigenvalue weighted by Gasteiger charge is -2.45. The fraction of sp³-hybridized carbons (Fsp3) is 0.379. The van der Waals surface area contributed by atoms with Crippen LogP contribution in [0.15, 0.2) is 91.0 Å². The maximum absolute atomic E-state index is 6.51. The molecule has 6 nitrogen and oxygen atoms in total. The highest BCUT2D eigenvalue weighted by molar-refractivity contribution is 5.15. The monoisotopic (exact) mass is 478 g/mol. The van der Waals surface area contributed by atoms with Crippen molar-refractivity contribution in [2.75, 3.05) is 20.8 Å². The Hall–Kier alpha value is -2.58. The van der Waals surface area contributed by atoms with Crippen molar-refractivity contribution in [3.63, 3.8) is 0 Å². The first-order valence-corrected chi connectivity index (χ1v) is 11.9. The van der Waals surface area contributed by atoms with Crippen molar-refractivity contribution in [3.05, 3.63) is 108 Å². The molecule has 1 aliphatic rings. The van der Waals surface area contributed by atoms with Gasteiger partial charge in [-0.1, -0.05) is 91.0 Å². The average Bonchev–Trinajstić information content (AvgIpc) is 2.92. The van der Waals surface area contributed by atoms with Gasteiger partial charge in [-0.2, -0.15) is 0 Å². The number of methoxy groups -OCH3 is 2. The molecular formula is C29H34O6. The molecule has 1 heterocycles. The summed E-state index contributed by atoms with van der Waals surface area (Å²) in [5, 5.41) is 0. The van der Waals surface area contributed by atoms with Gasteiger partial charge in [-0.3, -0.25) is 0 Å². The maximum atomic E-state index is 6.51. The van der Waals surface area contributed by atoms with Crippen LogP contribution in [0.2, 0.25) is 0 Å². The Morgan fingerprint density at radius 3 is 1.43 bits per heavy atom. The van der Waals surface area contributed by atoms with Crippen LogP contribution >= 0.6 is 0 Å². The lowest BCUT2D eigenvalue weighted by molar-refractivity contribution is -0.322. The lowest BCUT2D eigenvalue weighted by Crippen LogP contribution is -2.61. The molecule has 0 amide bonds. The highest BCUT2D eigenvalue weighted by Crippen LogP contribution is 2.31. The summed E-state index contributed by atoms with van der Waals surface area (Å²) >= 11 is 0. The quantitative estimate of drug-likeness (QED) is 0.374. The molecule has 3 aromatic carbocycles. The molecule has 0 aliphatic carbocycles. The maximum Gasteiger partial charge on any atom is 0.186 e. The lowest BCUT2D eigenvalue weighted by atomic mass is 9.98. The molecule has 1 saturated heterocycles. The first-order valence-electron chi connectivity index (χ1n) is 11.9. The summed E-state index contributed by atoms with van der Waals surface area (Å²) in [6, 6.07) is 30.2. The van der Waals surface area contributed by atoms with E-state index in [0.717, 1.165) is 16.7 Å². The molecule has 1 fully saturated rings. The number of ether oxygens (including phenoxy) is 6. The third-order valence-corrected chi connectivity index (χ3v) is 6.01. The number of hydrogen-bond donors (Lipinski definition) is 0. The first-order chi connectivity index (χ1) is 17.3. The van der Waals surface area contributed by atoms with Gasteiger partial charge >= 0.3 is 0 Å². The van der Waals surface area contributed by atoms with Crippen LogP contribution < -0.4 is 0 Å². The van der Waals surface area contributed by atoms with Crippen molar-refractivity contribution in [1.29, 1.82) is 0 Å². The summed E-state index contributed by atoms with van der Waals surface area (Å²) in [6.45, 7) is 1.58. The Bertz CT molecular complexity index is 968. The van der Waals surface area contributed by atoms with Gasteiger partial charge in [0.1, 0.15) is 24.4 Å². The van der Waals surface area contributed by atoms with Crippen molar-refractivity contribution < 1.29 is 28.4 Å². The minimum atomic E-state index is -0.629. The number of rotatable bonds is 12. The zero-order valence-corrected chi connectivity index (χ0v) is 20.3. The average molecular weight is 479 g/mol. The highest BCUT2D eigenvalue weighted by atomic mass is 16.7. The number of benzene rings is 3. The van der Waals surface area contributed by atoms with Gasteiger partial charge in [0.05, 0.1) is 26.4 Å². The predicted octanol–water partition coefficient (Wildman–Crippen LogP) is 4.76. The van der Waals surface area contributed by atoms with Crippen LogP contribution in [0.1, 0.15) is 16.7 Å². The molecule has 5 atom stereocenters. The summed E-state index contributed by atoms with van der Waals surface area (Å²) in [5.41, 5.74) is 3.20. The Morgan fingerprint density at radius 1 is 0.571 bits per heavy atom. The Kier molecular flexibility index (Phi) is 9.84. The summed E-state index contributed by atoms with van der Waals surface area (Å²) in [6.07, 6.45) is -2.38. The smallest absolute Gasteiger partial charge is 0.186 e. The topological polar surface area (TPSA) is 55.4 Å². The fourth-order valence-electron chi connectivity index (χ4n) is 4.23. The normalized spacial score (nSPS) is 24.3. The fourth-order valence-corrected chi connectivity index (χ4v) is 4.23. The van der Waals surface area contributed by atoms with E-state index >= 15 is 0 Å². The molecule has 0 saturated carbocycles. The van der Waals surface area contributed by atoms with Crippen LogP contribution in [-0.4, -0.2) is 51.5 Å². The second-order valence-corrected chi connectivity index (χ2v) is 8.52. The van der Waals surface area contributed by atoms with Gasteiger partial charge < -0.3 is 28.4 Å². The van der Waals surface area contributed by atoms with E-state index in [9.17, 15) is 0 Å². The summed E-state index contributed by atoms with van der Waals surface area (Å²) < 4.78 is 36.8. The van der Waals surface area contributed by atoms with Crippen molar-refractivity contribution in [2.24, 2.45) is 0 Å². The molecule has 186 valence electrons. The molecule has 0 spiro atoms. The SMILES string of the molecule is COCC1O[C@H](OC)C(OCc2ccccc2)[C@@H](OCc2ccccc2)[C@@H]1OCc1ccccc1. The summed E-state index contributed by atoms with van der Waals surface area (Å²) in [4.78, 5) is 0. The van der Waals surface area contributed by atoms with E-state index in [2.05, 4.69) is 0 Å². The van der Waals surface area contributed by atoms with Gasteiger partial charge in [0.25, 0.3) is 0 Å². The van der Waals surface area contributed by atoms with Crippen molar-refractivity contribution >= 4 is 0 Å². The van der Waals surface area contributed by atoms with Gasteiger partial charge in [-0.15, -0.1) is 0 Å².